The molecule has 2 aromatic carbocycles. The molecule has 0 unspecified atom stereocenters. The Kier molecular flexibility index (Phi) is 10.3. The molecule has 248 valence electrons. The summed E-state index contributed by atoms with van der Waals surface area (Å²) in [6.07, 6.45) is 6.58. The van der Waals surface area contributed by atoms with E-state index in [0.717, 1.165) is 27.7 Å². The molecule has 3 aromatic heterocycles. The Balaban J connectivity index is 1.28. The van der Waals surface area contributed by atoms with Gasteiger partial charge in [-0.1, -0.05) is 51.1 Å². The lowest BCUT2D eigenvalue weighted by atomic mass is 9.92. The normalized spacial score (nSPS) is 11.7. The van der Waals surface area contributed by atoms with Gasteiger partial charge in [-0.3, -0.25) is 15.1 Å². The van der Waals surface area contributed by atoms with Gasteiger partial charge in [-0.05, 0) is 43.7 Å². The largest absolute Gasteiger partial charge is 0.488 e. The summed E-state index contributed by atoms with van der Waals surface area (Å²) < 4.78 is 12.8. The zero-order chi connectivity index (χ0) is 34.3. The molecule has 0 spiro atoms. The smallest absolute Gasteiger partial charge is 0.324 e. The predicted molar refractivity (Wildman–Crippen MR) is 188 cm³/mol. The third kappa shape index (κ3) is 8.30. The van der Waals surface area contributed by atoms with Crippen LogP contribution in [-0.4, -0.2) is 50.4 Å². The first kappa shape index (κ1) is 33.5. The summed E-state index contributed by atoms with van der Waals surface area (Å²) >= 11 is 0. The third-order valence-electron chi connectivity index (χ3n) is 7.26. The SMILES string of the molecule is CC=C(C)n1nc(C(C)(C)C)cc1NC(=O)Nc1ccc(OCc2ccnc(Nc3cncc(NC(=O)COC)n3)c2)c2ccccc12. The van der Waals surface area contributed by atoms with Crippen LogP contribution in [0.4, 0.5) is 33.8 Å². The van der Waals surface area contributed by atoms with Gasteiger partial charge in [0.15, 0.2) is 11.6 Å². The second kappa shape index (κ2) is 14.7. The molecule has 3 amide bonds. The van der Waals surface area contributed by atoms with Crippen LogP contribution in [0, 0.1) is 0 Å². The molecule has 13 heteroatoms. The molecule has 0 atom stereocenters. The number of urea groups is 1. The molecule has 0 aliphatic carbocycles. The lowest BCUT2D eigenvalue weighted by Crippen LogP contribution is -2.21. The number of allylic oxidation sites excluding steroid dienone is 2. The van der Waals surface area contributed by atoms with Gasteiger partial charge in [0.25, 0.3) is 5.91 Å². The number of hydrogen-bond acceptors (Lipinski definition) is 9. The molecule has 0 fully saturated rings. The van der Waals surface area contributed by atoms with Crippen LogP contribution in [0.25, 0.3) is 16.5 Å². The van der Waals surface area contributed by atoms with Gasteiger partial charge < -0.3 is 25.4 Å². The van der Waals surface area contributed by atoms with Crippen LogP contribution in [0.5, 0.6) is 5.75 Å². The summed E-state index contributed by atoms with van der Waals surface area (Å²) in [5, 5.41) is 18.1. The number of carbonyl (C=O) groups is 2. The maximum absolute atomic E-state index is 13.2. The van der Waals surface area contributed by atoms with Gasteiger partial charge in [-0.15, -0.1) is 0 Å². The lowest BCUT2D eigenvalue weighted by molar-refractivity contribution is -0.119. The molecule has 0 aliphatic heterocycles. The van der Waals surface area contributed by atoms with Gasteiger partial charge in [0.05, 0.1) is 23.8 Å². The fourth-order valence-corrected chi connectivity index (χ4v) is 4.73. The van der Waals surface area contributed by atoms with E-state index in [1.807, 2.05) is 74.5 Å². The van der Waals surface area contributed by atoms with Crippen molar-refractivity contribution in [2.75, 3.05) is 35.0 Å². The van der Waals surface area contributed by atoms with E-state index < -0.39 is 0 Å². The second-order valence-corrected chi connectivity index (χ2v) is 12.0. The molecular weight excluding hydrogens is 610 g/mol. The standard InChI is InChI=1S/C35H39N9O4/c1-7-22(2)44-32(17-28(43-44)35(3,4)5)42-34(46)38-26-12-13-27(25-11-9-8-10-24(25)26)48-20-23-14-15-37-29(16-23)39-30-18-36-19-31(40-30)41-33(45)21-47-6/h7-19H,20-21H2,1-6H3,(H2,38,42,46)(H2,37,39,40,41,45). The molecule has 48 heavy (non-hydrogen) atoms. The number of fused-ring (bicyclic) bond motifs is 1. The van der Waals surface area contributed by atoms with Crippen LogP contribution in [0.2, 0.25) is 0 Å². The van der Waals surface area contributed by atoms with E-state index in [1.165, 1.54) is 19.5 Å². The topological polar surface area (TPSA) is 157 Å². The number of ether oxygens (including phenoxy) is 2. The number of amides is 3. The van der Waals surface area contributed by atoms with E-state index in [1.54, 1.807) is 10.9 Å². The Morgan fingerprint density at radius 1 is 0.938 bits per heavy atom. The van der Waals surface area contributed by atoms with Gasteiger partial charge in [0.1, 0.15) is 30.6 Å². The maximum Gasteiger partial charge on any atom is 0.324 e. The summed E-state index contributed by atoms with van der Waals surface area (Å²) in [5.74, 6) is 2.13. The van der Waals surface area contributed by atoms with Gasteiger partial charge in [0.2, 0.25) is 0 Å². The predicted octanol–water partition coefficient (Wildman–Crippen LogP) is 6.95. The number of anilines is 5. The number of nitrogens with one attached hydrogen (secondary N) is 4. The van der Waals surface area contributed by atoms with Crippen molar-refractivity contribution in [1.29, 1.82) is 0 Å². The lowest BCUT2D eigenvalue weighted by Gasteiger charge is -2.15. The number of hydrogen-bond donors (Lipinski definition) is 4. The average Bonchev–Trinajstić information content (AvgIpc) is 3.49. The Labute approximate surface area is 278 Å². The number of benzene rings is 2. The zero-order valence-electron chi connectivity index (χ0n) is 27.8. The molecule has 5 aromatic rings. The van der Waals surface area contributed by atoms with Crippen molar-refractivity contribution in [2.24, 2.45) is 0 Å². The van der Waals surface area contributed by atoms with Crippen LogP contribution in [0.3, 0.4) is 0 Å². The van der Waals surface area contributed by atoms with Crippen molar-refractivity contribution in [1.82, 2.24) is 24.7 Å². The van der Waals surface area contributed by atoms with Crippen molar-refractivity contribution in [3.63, 3.8) is 0 Å². The zero-order valence-corrected chi connectivity index (χ0v) is 27.8. The molecule has 0 saturated heterocycles. The van der Waals surface area contributed by atoms with E-state index in [2.05, 4.69) is 57.0 Å². The summed E-state index contributed by atoms with van der Waals surface area (Å²) in [4.78, 5) is 37.9. The number of nitrogens with zero attached hydrogens (tertiary/aromatic N) is 5. The number of rotatable bonds is 11. The molecule has 3 heterocycles. The minimum atomic E-state index is -0.385. The molecule has 13 nitrogen and oxygen atoms in total. The Morgan fingerprint density at radius 2 is 1.71 bits per heavy atom. The summed E-state index contributed by atoms with van der Waals surface area (Å²) in [6.45, 7) is 10.3. The molecule has 0 saturated carbocycles. The fourth-order valence-electron chi connectivity index (χ4n) is 4.73. The minimum absolute atomic E-state index is 0.0880. The van der Waals surface area contributed by atoms with E-state index >= 15 is 0 Å². The first-order valence-electron chi connectivity index (χ1n) is 15.3. The van der Waals surface area contributed by atoms with Crippen molar-refractivity contribution in [2.45, 2.75) is 46.6 Å². The summed E-state index contributed by atoms with van der Waals surface area (Å²) in [7, 11) is 1.44. The average molecular weight is 650 g/mol. The van der Waals surface area contributed by atoms with E-state index in [0.29, 0.717) is 28.9 Å². The molecule has 5 rings (SSSR count). The van der Waals surface area contributed by atoms with Crippen LogP contribution in [0.1, 0.15) is 45.9 Å². The number of pyridine rings is 1. The number of carbonyl (C=O) groups excluding carboxylic acids is 2. The molecule has 0 bridgehead atoms. The van der Waals surface area contributed by atoms with Crippen molar-refractivity contribution >= 4 is 57.4 Å². The molecule has 0 aliphatic rings. The Morgan fingerprint density at radius 3 is 2.46 bits per heavy atom. The molecule has 0 radical (unpaired) electrons. The maximum atomic E-state index is 13.2. The molecular formula is C35H39N9O4. The summed E-state index contributed by atoms with van der Waals surface area (Å²) in [5.41, 5.74) is 3.08. The first-order valence-corrected chi connectivity index (χ1v) is 15.3. The first-order chi connectivity index (χ1) is 23.0. The van der Waals surface area contributed by atoms with Crippen LogP contribution >= 0.6 is 0 Å². The van der Waals surface area contributed by atoms with E-state index in [9.17, 15) is 9.59 Å². The second-order valence-electron chi connectivity index (χ2n) is 12.0. The Bertz CT molecular complexity index is 1960. The number of methoxy groups -OCH3 is 1. The van der Waals surface area contributed by atoms with E-state index in [-0.39, 0.29) is 36.4 Å². The monoisotopic (exact) mass is 649 g/mol. The highest BCUT2D eigenvalue weighted by Gasteiger charge is 2.21. The number of aromatic nitrogens is 5. The summed E-state index contributed by atoms with van der Waals surface area (Å²) in [6, 6.07) is 16.6. The highest BCUT2D eigenvalue weighted by molar-refractivity contribution is 6.07. The quantitative estimate of drug-likeness (QED) is 0.119. The van der Waals surface area contributed by atoms with Crippen molar-refractivity contribution in [3.8, 4) is 5.75 Å². The van der Waals surface area contributed by atoms with Crippen LogP contribution < -0.4 is 26.0 Å². The van der Waals surface area contributed by atoms with Crippen molar-refractivity contribution in [3.05, 3.63) is 90.5 Å². The third-order valence-corrected chi connectivity index (χ3v) is 7.26. The van der Waals surface area contributed by atoms with Gasteiger partial charge in [-0.2, -0.15) is 5.10 Å². The van der Waals surface area contributed by atoms with Gasteiger partial charge in [0, 0.05) is 41.3 Å². The fraction of sp³-hybridized carbons (Fsp3) is 0.257. The van der Waals surface area contributed by atoms with Gasteiger partial charge in [-0.25, -0.2) is 19.4 Å². The minimum Gasteiger partial charge on any atom is -0.488 e. The van der Waals surface area contributed by atoms with Crippen molar-refractivity contribution < 1.29 is 19.1 Å². The van der Waals surface area contributed by atoms with Gasteiger partial charge >= 0.3 is 6.03 Å². The van der Waals surface area contributed by atoms with Crippen LogP contribution in [0.15, 0.2) is 79.3 Å². The molecule has 4 N–H and O–H groups in total. The highest BCUT2D eigenvalue weighted by Crippen LogP contribution is 2.33. The van der Waals surface area contributed by atoms with E-state index in [4.69, 9.17) is 14.6 Å². The Hall–Kier alpha value is -5.82. The van der Waals surface area contributed by atoms with Crippen LogP contribution in [-0.2, 0) is 21.6 Å². The highest BCUT2D eigenvalue weighted by atomic mass is 16.5.